The summed E-state index contributed by atoms with van der Waals surface area (Å²) in [6.45, 7) is 2.53. The molecule has 0 fully saturated rings. The molecule has 0 saturated carbocycles. The van der Waals surface area contributed by atoms with Gasteiger partial charge in [0.2, 0.25) is 0 Å². The number of nitrogens with two attached hydrogens (primary N) is 1. The largest absolute Gasteiger partial charge is 0.489 e. The summed E-state index contributed by atoms with van der Waals surface area (Å²) >= 11 is 0. The van der Waals surface area contributed by atoms with Crippen molar-refractivity contribution < 1.29 is 9.13 Å². The summed E-state index contributed by atoms with van der Waals surface area (Å²) in [7, 11) is 0. The number of aryl methyl sites for hydroxylation is 1. The highest BCUT2D eigenvalue weighted by atomic mass is 19.1. The molecule has 0 amide bonds. The Morgan fingerprint density at radius 2 is 1.95 bits per heavy atom. The van der Waals surface area contributed by atoms with E-state index in [0.717, 1.165) is 17.7 Å². The summed E-state index contributed by atoms with van der Waals surface area (Å²) in [4.78, 5) is 0. The lowest BCUT2D eigenvalue weighted by Gasteiger charge is -2.11. The van der Waals surface area contributed by atoms with E-state index in [1.54, 1.807) is 12.1 Å². The van der Waals surface area contributed by atoms with E-state index in [4.69, 9.17) is 10.5 Å². The van der Waals surface area contributed by atoms with Crippen LogP contribution in [0.25, 0.3) is 0 Å². The SMILES string of the molecule is CCc1ccccc1OCc1ccc(C#CCN)cc1F. The molecule has 2 N–H and O–H groups in total. The van der Waals surface area contributed by atoms with Gasteiger partial charge in [-0.25, -0.2) is 4.39 Å². The zero-order chi connectivity index (χ0) is 15.1. The lowest BCUT2D eigenvalue weighted by molar-refractivity contribution is 0.297. The fourth-order valence-corrected chi connectivity index (χ4v) is 1.99. The summed E-state index contributed by atoms with van der Waals surface area (Å²) in [5.41, 5.74) is 7.54. The van der Waals surface area contributed by atoms with Crippen LogP contribution in [0.4, 0.5) is 4.39 Å². The first kappa shape index (κ1) is 15.1. The second-order valence-corrected chi connectivity index (χ2v) is 4.56. The molecule has 0 atom stereocenters. The molecule has 2 nitrogen and oxygen atoms in total. The third kappa shape index (κ3) is 4.08. The second-order valence-electron chi connectivity index (χ2n) is 4.56. The Morgan fingerprint density at radius 3 is 2.67 bits per heavy atom. The maximum Gasteiger partial charge on any atom is 0.131 e. The van der Waals surface area contributed by atoms with Crippen LogP contribution in [-0.2, 0) is 13.0 Å². The quantitative estimate of drug-likeness (QED) is 0.874. The fraction of sp³-hybridized carbons (Fsp3) is 0.222. The van der Waals surface area contributed by atoms with Crippen LogP contribution < -0.4 is 10.5 Å². The van der Waals surface area contributed by atoms with Crippen molar-refractivity contribution in [1.82, 2.24) is 0 Å². The van der Waals surface area contributed by atoms with Crippen molar-refractivity contribution in [2.75, 3.05) is 6.54 Å². The minimum Gasteiger partial charge on any atom is -0.489 e. The number of rotatable bonds is 4. The molecule has 3 heteroatoms. The second kappa shape index (κ2) is 7.47. The normalized spacial score (nSPS) is 9.86. The number of ether oxygens (including phenoxy) is 1. The first-order valence-corrected chi connectivity index (χ1v) is 6.92. The molecule has 0 unspecified atom stereocenters. The van der Waals surface area contributed by atoms with Gasteiger partial charge in [0, 0.05) is 11.1 Å². The van der Waals surface area contributed by atoms with E-state index in [2.05, 4.69) is 18.8 Å². The van der Waals surface area contributed by atoms with Crippen molar-refractivity contribution in [2.24, 2.45) is 5.73 Å². The molecule has 0 aliphatic rings. The van der Waals surface area contributed by atoms with E-state index < -0.39 is 0 Å². The Labute approximate surface area is 124 Å². The lowest BCUT2D eigenvalue weighted by atomic mass is 10.1. The predicted molar refractivity (Wildman–Crippen MR) is 82.5 cm³/mol. The molecule has 0 heterocycles. The molecule has 2 aromatic rings. The average molecular weight is 283 g/mol. The van der Waals surface area contributed by atoms with Crippen molar-refractivity contribution in [3.8, 4) is 17.6 Å². The number of hydrogen-bond donors (Lipinski definition) is 1. The first-order chi connectivity index (χ1) is 10.2. The molecule has 108 valence electrons. The van der Waals surface area contributed by atoms with Gasteiger partial charge < -0.3 is 10.5 Å². The van der Waals surface area contributed by atoms with Crippen molar-refractivity contribution >= 4 is 0 Å². The summed E-state index contributed by atoms with van der Waals surface area (Å²) in [6.07, 6.45) is 0.881. The molecule has 0 spiro atoms. The number of para-hydroxylation sites is 1. The van der Waals surface area contributed by atoms with E-state index in [9.17, 15) is 4.39 Å². The first-order valence-electron chi connectivity index (χ1n) is 6.92. The van der Waals surface area contributed by atoms with Gasteiger partial charge in [-0.05, 0) is 30.2 Å². The fourth-order valence-electron chi connectivity index (χ4n) is 1.99. The van der Waals surface area contributed by atoms with Crippen LogP contribution in [-0.4, -0.2) is 6.54 Å². The molecule has 0 aromatic heterocycles. The van der Waals surface area contributed by atoms with E-state index in [1.807, 2.05) is 24.3 Å². The van der Waals surface area contributed by atoms with Crippen molar-refractivity contribution in [1.29, 1.82) is 0 Å². The molecule has 0 saturated heterocycles. The lowest BCUT2D eigenvalue weighted by Crippen LogP contribution is -2.01. The number of benzene rings is 2. The van der Waals surface area contributed by atoms with Crippen LogP contribution in [0.3, 0.4) is 0 Å². The molecule has 0 aliphatic heterocycles. The maximum absolute atomic E-state index is 14.0. The van der Waals surface area contributed by atoms with Gasteiger partial charge in [0.1, 0.15) is 18.2 Å². The molecule has 21 heavy (non-hydrogen) atoms. The molecule has 0 radical (unpaired) electrons. The third-order valence-corrected chi connectivity index (χ3v) is 3.12. The van der Waals surface area contributed by atoms with E-state index >= 15 is 0 Å². The standard InChI is InChI=1S/C18H18FNO/c1-2-15-7-3-4-8-18(15)21-13-16-10-9-14(6-5-11-20)12-17(16)19/h3-4,7-10,12H,2,11,13,20H2,1H3. The molecule has 0 bridgehead atoms. The minimum absolute atomic E-state index is 0.202. The highest BCUT2D eigenvalue weighted by Crippen LogP contribution is 2.20. The average Bonchev–Trinajstić information content (AvgIpc) is 2.52. The van der Waals surface area contributed by atoms with Gasteiger partial charge in [-0.15, -0.1) is 0 Å². The van der Waals surface area contributed by atoms with Crippen LogP contribution in [0.2, 0.25) is 0 Å². The Balaban J connectivity index is 2.10. The highest BCUT2D eigenvalue weighted by molar-refractivity contribution is 5.38. The van der Waals surface area contributed by atoms with Gasteiger partial charge >= 0.3 is 0 Å². The van der Waals surface area contributed by atoms with Crippen LogP contribution in [0.1, 0.15) is 23.6 Å². The highest BCUT2D eigenvalue weighted by Gasteiger charge is 2.06. The van der Waals surface area contributed by atoms with Crippen LogP contribution in [0.5, 0.6) is 5.75 Å². The maximum atomic E-state index is 14.0. The van der Waals surface area contributed by atoms with Gasteiger partial charge in [-0.1, -0.05) is 43.0 Å². The van der Waals surface area contributed by atoms with Crippen molar-refractivity contribution in [3.63, 3.8) is 0 Å². The summed E-state index contributed by atoms with van der Waals surface area (Å²) in [5.74, 6) is 6.00. The number of hydrogen-bond acceptors (Lipinski definition) is 2. The number of halogens is 1. The van der Waals surface area contributed by atoms with Gasteiger partial charge in [-0.2, -0.15) is 0 Å². The third-order valence-electron chi connectivity index (χ3n) is 3.12. The van der Waals surface area contributed by atoms with E-state index in [-0.39, 0.29) is 19.0 Å². The van der Waals surface area contributed by atoms with E-state index in [1.165, 1.54) is 6.07 Å². The summed E-state index contributed by atoms with van der Waals surface area (Å²) in [5, 5.41) is 0. The smallest absolute Gasteiger partial charge is 0.131 e. The van der Waals surface area contributed by atoms with Gasteiger partial charge in [0.25, 0.3) is 0 Å². The van der Waals surface area contributed by atoms with E-state index in [0.29, 0.717) is 11.1 Å². The Morgan fingerprint density at radius 1 is 1.14 bits per heavy atom. The molecule has 2 aromatic carbocycles. The Kier molecular flexibility index (Phi) is 5.36. The summed E-state index contributed by atoms with van der Waals surface area (Å²) in [6, 6.07) is 12.7. The van der Waals surface area contributed by atoms with Crippen molar-refractivity contribution in [2.45, 2.75) is 20.0 Å². The molecule has 0 aliphatic carbocycles. The van der Waals surface area contributed by atoms with Gasteiger partial charge in [0.05, 0.1) is 6.54 Å². The molecular weight excluding hydrogens is 265 g/mol. The summed E-state index contributed by atoms with van der Waals surface area (Å²) < 4.78 is 19.7. The minimum atomic E-state index is -0.312. The molecule has 2 rings (SSSR count). The Bertz CT molecular complexity index is 670. The van der Waals surface area contributed by atoms with Gasteiger partial charge in [0.15, 0.2) is 0 Å². The van der Waals surface area contributed by atoms with Crippen LogP contribution in [0, 0.1) is 17.7 Å². The van der Waals surface area contributed by atoms with Gasteiger partial charge in [-0.3, -0.25) is 0 Å². The topological polar surface area (TPSA) is 35.2 Å². The van der Waals surface area contributed by atoms with Crippen LogP contribution >= 0.6 is 0 Å². The molecular formula is C18H18FNO. The predicted octanol–water partition coefficient (Wildman–Crippen LogP) is 3.28. The Hall–Kier alpha value is -2.31. The zero-order valence-electron chi connectivity index (χ0n) is 12.0. The van der Waals surface area contributed by atoms with Crippen molar-refractivity contribution in [3.05, 3.63) is 65.0 Å². The zero-order valence-corrected chi connectivity index (χ0v) is 12.0. The monoisotopic (exact) mass is 283 g/mol. The van der Waals surface area contributed by atoms with Crippen LogP contribution in [0.15, 0.2) is 42.5 Å².